The predicted octanol–water partition coefficient (Wildman–Crippen LogP) is 1.88. The van der Waals surface area contributed by atoms with Crippen LogP contribution in [0.15, 0.2) is 23.0 Å². The Labute approximate surface area is 166 Å². The van der Waals surface area contributed by atoms with Crippen molar-refractivity contribution in [3.8, 4) is 0 Å². The van der Waals surface area contributed by atoms with Crippen molar-refractivity contribution in [3.63, 3.8) is 0 Å². The normalized spacial score (nSPS) is 28.9. The first-order valence-electron chi connectivity index (χ1n) is 10.5. The molecule has 0 spiro atoms. The van der Waals surface area contributed by atoms with Crippen molar-refractivity contribution in [2.75, 3.05) is 27.2 Å². The van der Waals surface area contributed by atoms with Crippen molar-refractivity contribution in [2.45, 2.75) is 51.2 Å². The van der Waals surface area contributed by atoms with Gasteiger partial charge in [0, 0.05) is 50.5 Å². The molecule has 28 heavy (non-hydrogen) atoms. The van der Waals surface area contributed by atoms with Crippen molar-refractivity contribution in [2.24, 2.45) is 11.8 Å². The molecule has 4 rings (SSSR count). The van der Waals surface area contributed by atoms with Gasteiger partial charge in [0.2, 0.25) is 5.91 Å². The molecule has 3 heterocycles. The van der Waals surface area contributed by atoms with Crippen molar-refractivity contribution in [1.29, 1.82) is 0 Å². The SMILES string of the molecule is CCCN1[C@@H]2c3ccc(C4=CCCC4)c(=O)n3C[C@H]1[C@H](CO)[C@H]2C(=O)N(C)C. The molecule has 0 saturated carbocycles. The van der Waals surface area contributed by atoms with Gasteiger partial charge in [-0.2, -0.15) is 0 Å². The molecule has 2 aliphatic heterocycles. The van der Waals surface area contributed by atoms with Crippen LogP contribution in [-0.2, 0) is 11.3 Å². The highest BCUT2D eigenvalue weighted by Crippen LogP contribution is 2.48. The summed E-state index contributed by atoms with van der Waals surface area (Å²) in [7, 11) is 3.54. The lowest BCUT2D eigenvalue weighted by molar-refractivity contribution is -0.135. The van der Waals surface area contributed by atoms with Gasteiger partial charge in [-0.05, 0) is 49.9 Å². The van der Waals surface area contributed by atoms with E-state index in [-0.39, 0.29) is 42.0 Å². The maximum absolute atomic E-state index is 13.3. The highest BCUT2D eigenvalue weighted by atomic mass is 16.3. The maximum Gasteiger partial charge on any atom is 0.258 e. The Balaban J connectivity index is 1.84. The van der Waals surface area contributed by atoms with Crippen molar-refractivity contribution in [1.82, 2.24) is 14.4 Å². The first-order valence-corrected chi connectivity index (χ1v) is 10.5. The molecule has 1 fully saturated rings. The van der Waals surface area contributed by atoms with E-state index in [9.17, 15) is 14.7 Å². The van der Waals surface area contributed by atoms with E-state index in [2.05, 4.69) is 24.0 Å². The molecule has 152 valence electrons. The van der Waals surface area contributed by atoms with Gasteiger partial charge in [-0.25, -0.2) is 0 Å². The van der Waals surface area contributed by atoms with Gasteiger partial charge in [0.15, 0.2) is 0 Å². The lowest BCUT2D eigenvalue weighted by Gasteiger charge is -2.38. The topological polar surface area (TPSA) is 65.8 Å². The molecule has 1 N–H and O–H groups in total. The van der Waals surface area contributed by atoms with E-state index < -0.39 is 0 Å². The summed E-state index contributed by atoms with van der Waals surface area (Å²) < 4.78 is 1.89. The van der Waals surface area contributed by atoms with Crippen molar-refractivity contribution in [3.05, 3.63) is 39.8 Å². The number of aliphatic hydroxyl groups excluding tert-OH is 1. The Morgan fingerprint density at radius 1 is 1.32 bits per heavy atom. The van der Waals surface area contributed by atoms with Crippen LogP contribution < -0.4 is 5.56 Å². The van der Waals surface area contributed by atoms with E-state index in [0.29, 0.717) is 6.54 Å². The molecular formula is C22H31N3O3. The molecule has 0 aromatic carbocycles. The van der Waals surface area contributed by atoms with Gasteiger partial charge in [0.1, 0.15) is 0 Å². The van der Waals surface area contributed by atoms with Gasteiger partial charge in [-0.1, -0.05) is 13.0 Å². The second kappa shape index (κ2) is 7.48. The second-order valence-electron chi connectivity index (χ2n) is 8.56. The molecule has 6 heteroatoms. The molecule has 1 amide bonds. The van der Waals surface area contributed by atoms with Crippen LogP contribution in [0.1, 0.15) is 49.9 Å². The number of allylic oxidation sites excluding steroid dienone is 2. The number of aliphatic hydroxyl groups is 1. The van der Waals surface area contributed by atoms with Crippen molar-refractivity contribution < 1.29 is 9.90 Å². The summed E-state index contributed by atoms with van der Waals surface area (Å²) in [6.45, 7) is 3.51. The standard InChI is InChI=1S/C22H31N3O3/c1-4-11-24-18-12-25-17(10-9-15(21(25)27)14-7-5-6-8-14)20(24)19(16(18)13-26)22(28)23(2)3/h7,9-10,16,18-20,26H,4-6,8,11-13H2,1-3H3/t16-,18-,19+,20+/m0/s1. The van der Waals surface area contributed by atoms with Gasteiger partial charge in [-0.3, -0.25) is 14.5 Å². The first kappa shape index (κ1) is 19.4. The third kappa shape index (κ3) is 2.85. The largest absolute Gasteiger partial charge is 0.396 e. The van der Waals surface area contributed by atoms with Gasteiger partial charge in [-0.15, -0.1) is 0 Å². The van der Waals surface area contributed by atoms with Crippen LogP contribution in [0, 0.1) is 11.8 Å². The number of pyridine rings is 1. The second-order valence-corrected chi connectivity index (χ2v) is 8.56. The number of carbonyl (C=O) groups excluding carboxylic acids is 1. The van der Waals surface area contributed by atoms with E-state index in [1.165, 1.54) is 0 Å². The van der Waals surface area contributed by atoms with Crippen molar-refractivity contribution >= 4 is 11.5 Å². The summed E-state index contributed by atoms with van der Waals surface area (Å²) in [4.78, 5) is 30.4. The third-order valence-corrected chi connectivity index (χ3v) is 6.77. The van der Waals surface area contributed by atoms with Crippen LogP contribution in [0.5, 0.6) is 0 Å². The summed E-state index contributed by atoms with van der Waals surface area (Å²) in [5, 5.41) is 10.2. The lowest BCUT2D eigenvalue weighted by atomic mass is 9.86. The van der Waals surface area contributed by atoms with E-state index in [1.807, 2.05) is 10.6 Å². The minimum Gasteiger partial charge on any atom is -0.396 e. The molecule has 1 aromatic rings. The fourth-order valence-electron chi connectivity index (χ4n) is 5.53. The molecular weight excluding hydrogens is 354 g/mol. The molecule has 6 nitrogen and oxygen atoms in total. The molecule has 1 saturated heterocycles. The highest BCUT2D eigenvalue weighted by Gasteiger charge is 2.55. The molecule has 4 atom stereocenters. The van der Waals surface area contributed by atoms with Gasteiger partial charge >= 0.3 is 0 Å². The average molecular weight is 386 g/mol. The predicted molar refractivity (Wildman–Crippen MR) is 109 cm³/mol. The smallest absolute Gasteiger partial charge is 0.258 e. The number of aromatic nitrogens is 1. The Kier molecular flexibility index (Phi) is 5.19. The van der Waals surface area contributed by atoms with Gasteiger partial charge < -0.3 is 14.6 Å². The van der Waals surface area contributed by atoms with Crippen LogP contribution in [-0.4, -0.2) is 58.7 Å². The van der Waals surface area contributed by atoms with Crippen LogP contribution in [0.2, 0.25) is 0 Å². The van der Waals surface area contributed by atoms with E-state index in [0.717, 1.165) is 49.1 Å². The number of hydrogen-bond donors (Lipinski definition) is 1. The minimum atomic E-state index is -0.318. The molecule has 2 bridgehead atoms. The van der Waals surface area contributed by atoms with Crippen LogP contribution in [0.4, 0.5) is 0 Å². The minimum absolute atomic E-state index is 0.0156. The number of amides is 1. The van der Waals surface area contributed by atoms with E-state index >= 15 is 0 Å². The Bertz CT molecular complexity index is 857. The van der Waals surface area contributed by atoms with Crippen LogP contribution >= 0.6 is 0 Å². The third-order valence-electron chi connectivity index (χ3n) is 6.77. The summed E-state index contributed by atoms with van der Waals surface area (Å²) in [5.74, 6) is -0.433. The lowest BCUT2D eigenvalue weighted by Crippen LogP contribution is -2.47. The average Bonchev–Trinajstić information content (AvgIpc) is 3.27. The molecule has 3 aliphatic rings. The zero-order chi connectivity index (χ0) is 20.0. The Hall–Kier alpha value is -1.92. The zero-order valence-electron chi connectivity index (χ0n) is 17.1. The highest BCUT2D eigenvalue weighted by molar-refractivity contribution is 5.80. The van der Waals surface area contributed by atoms with Crippen LogP contribution in [0.25, 0.3) is 5.57 Å². The number of fused-ring (bicyclic) bond motifs is 4. The molecule has 0 unspecified atom stereocenters. The number of hydrogen-bond acceptors (Lipinski definition) is 4. The van der Waals surface area contributed by atoms with Gasteiger partial charge in [0.05, 0.1) is 12.0 Å². The molecule has 1 aromatic heterocycles. The summed E-state index contributed by atoms with van der Waals surface area (Å²) in [5.41, 5.74) is 2.95. The summed E-state index contributed by atoms with van der Waals surface area (Å²) in [6.07, 6.45) is 6.27. The maximum atomic E-state index is 13.3. The Morgan fingerprint density at radius 3 is 2.71 bits per heavy atom. The summed E-state index contributed by atoms with van der Waals surface area (Å²) >= 11 is 0. The van der Waals surface area contributed by atoms with E-state index in [1.54, 1.807) is 19.0 Å². The number of carbonyl (C=O) groups is 1. The monoisotopic (exact) mass is 385 g/mol. The number of nitrogens with zero attached hydrogens (tertiary/aromatic N) is 3. The molecule has 0 radical (unpaired) electrons. The number of rotatable bonds is 5. The van der Waals surface area contributed by atoms with Gasteiger partial charge in [0.25, 0.3) is 5.56 Å². The fourth-order valence-corrected chi connectivity index (χ4v) is 5.53. The zero-order valence-corrected chi connectivity index (χ0v) is 17.1. The van der Waals surface area contributed by atoms with Crippen LogP contribution in [0.3, 0.4) is 0 Å². The quantitative estimate of drug-likeness (QED) is 0.841. The van der Waals surface area contributed by atoms with E-state index in [4.69, 9.17) is 0 Å². The first-order chi connectivity index (χ1) is 13.5. The summed E-state index contributed by atoms with van der Waals surface area (Å²) in [6, 6.07) is 3.88. The molecule has 1 aliphatic carbocycles. The Morgan fingerprint density at radius 2 is 2.11 bits per heavy atom. The fraction of sp³-hybridized carbons (Fsp3) is 0.636.